The zero-order valence-corrected chi connectivity index (χ0v) is 19.7. The van der Waals surface area contributed by atoms with Crippen molar-refractivity contribution in [3.8, 4) is 16.9 Å². The standard InChI is InChI=1S/C27H34N4O/c1-20-8-13-25-23(17-20)18-26(22-7-5-14-28-19-22)31(25)24-11-9-21(10-12-24)27(32)30(4)16-6-15-29(2)3/h5,7,9-12,14,18-20H,6,8,13,15-17H2,1-4H3. The molecule has 1 atom stereocenters. The number of pyridine rings is 1. The highest BCUT2D eigenvalue weighted by atomic mass is 16.2. The molecule has 2 aromatic heterocycles. The van der Waals surface area contributed by atoms with Gasteiger partial charge in [-0.3, -0.25) is 9.78 Å². The number of hydrogen-bond acceptors (Lipinski definition) is 3. The number of carbonyl (C=O) groups excluding carboxylic acids is 1. The normalized spacial score (nSPS) is 15.6. The van der Waals surface area contributed by atoms with Crippen molar-refractivity contribution in [3.63, 3.8) is 0 Å². The van der Waals surface area contributed by atoms with Crippen LogP contribution in [0.25, 0.3) is 16.9 Å². The van der Waals surface area contributed by atoms with Crippen LogP contribution in [0.4, 0.5) is 0 Å². The third kappa shape index (κ3) is 4.78. The fourth-order valence-corrected chi connectivity index (χ4v) is 4.63. The number of fused-ring (bicyclic) bond motifs is 1. The third-order valence-corrected chi connectivity index (χ3v) is 6.41. The molecule has 0 fully saturated rings. The summed E-state index contributed by atoms with van der Waals surface area (Å²) in [4.78, 5) is 21.2. The van der Waals surface area contributed by atoms with Gasteiger partial charge in [-0.05, 0) is 100 Å². The molecule has 2 heterocycles. The highest BCUT2D eigenvalue weighted by Crippen LogP contribution is 2.35. The summed E-state index contributed by atoms with van der Waals surface area (Å²) in [6.45, 7) is 4.07. The van der Waals surface area contributed by atoms with Crippen molar-refractivity contribution in [3.05, 3.63) is 71.7 Å². The lowest BCUT2D eigenvalue weighted by molar-refractivity contribution is 0.0790. The molecule has 1 unspecified atom stereocenters. The topological polar surface area (TPSA) is 41.4 Å². The summed E-state index contributed by atoms with van der Waals surface area (Å²) in [7, 11) is 6.00. The molecule has 3 aromatic rings. The maximum absolute atomic E-state index is 12.9. The van der Waals surface area contributed by atoms with Crippen molar-refractivity contribution >= 4 is 5.91 Å². The summed E-state index contributed by atoms with van der Waals surface area (Å²) in [5, 5.41) is 0. The van der Waals surface area contributed by atoms with Crippen LogP contribution < -0.4 is 0 Å². The summed E-state index contributed by atoms with van der Waals surface area (Å²) in [6, 6.07) is 14.5. The lowest BCUT2D eigenvalue weighted by Crippen LogP contribution is -2.29. The van der Waals surface area contributed by atoms with Crippen LogP contribution in [-0.2, 0) is 12.8 Å². The molecule has 5 heteroatoms. The van der Waals surface area contributed by atoms with E-state index in [1.54, 1.807) is 0 Å². The Labute approximate surface area is 191 Å². The minimum Gasteiger partial charge on any atom is -0.342 e. The third-order valence-electron chi connectivity index (χ3n) is 6.41. The van der Waals surface area contributed by atoms with E-state index in [2.05, 4.69) is 59.7 Å². The van der Waals surface area contributed by atoms with Crippen LogP contribution in [0, 0.1) is 5.92 Å². The van der Waals surface area contributed by atoms with Crippen LogP contribution in [-0.4, -0.2) is 59.5 Å². The molecule has 0 radical (unpaired) electrons. The summed E-state index contributed by atoms with van der Waals surface area (Å²) >= 11 is 0. The van der Waals surface area contributed by atoms with E-state index in [9.17, 15) is 4.79 Å². The first kappa shape index (κ1) is 22.3. The van der Waals surface area contributed by atoms with Gasteiger partial charge in [0, 0.05) is 48.5 Å². The van der Waals surface area contributed by atoms with Crippen molar-refractivity contribution in [2.24, 2.45) is 5.92 Å². The van der Waals surface area contributed by atoms with Gasteiger partial charge < -0.3 is 14.4 Å². The molecule has 0 saturated carbocycles. The van der Waals surface area contributed by atoms with Crippen LogP contribution in [0.2, 0.25) is 0 Å². The molecular formula is C27H34N4O. The molecule has 4 rings (SSSR count). The lowest BCUT2D eigenvalue weighted by atomic mass is 9.89. The van der Waals surface area contributed by atoms with Gasteiger partial charge in [-0.2, -0.15) is 0 Å². The molecule has 1 amide bonds. The maximum Gasteiger partial charge on any atom is 0.253 e. The smallest absolute Gasteiger partial charge is 0.253 e. The number of amides is 1. The Morgan fingerprint density at radius 2 is 1.91 bits per heavy atom. The Morgan fingerprint density at radius 1 is 1.12 bits per heavy atom. The van der Waals surface area contributed by atoms with Gasteiger partial charge in [-0.1, -0.05) is 6.92 Å². The van der Waals surface area contributed by atoms with Crippen LogP contribution >= 0.6 is 0 Å². The minimum absolute atomic E-state index is 0.0751. The summed E-state index contributed by atoms with van der Waals surface area (Å²) in [5.41, 5.74) is 6.96. The van der Waals surface area contributed by atoms with Crippen LogP contribution in [0.5, 0.6) is 0 Å². The quantitative estimate of drug-likeness (QED) is 0.546. The second-order valence-corrected chi connectivity index (χ2v) is 9.36. The molecule has 1 aliphatic rings. The van der Waals surface area contributed by atoms with Gasteiger partial charge in [0.2, 0.25) is 0 Å². The van der Waals surface area contributed by atoms with Crippen molar-refractivity contribution in [2.45, 2.75) is 32.6 Å². The van der Waals surface area contributed by atoms with E-state index < -0.39 is 0 Å². The second-order valence-electron chi connectivity index (χ2n) is 9.36. The molecule has 0 aliphatic heterocycles. The molecule has 5 nitrogen and oxygen atoms in total. The maximum atomic E-state index is 12.9. The fraction of sp³-hybridized carbons (Fsp3) is 0.407. The SMILES string of the molecule is CC1CCc2c(cc(-c3cccnc3)n2-c2ccc(C(=O)N(C)CCCN(C)C)cc2)C1. The molecule has 0 bridgehead atoms. The zero-order chi connectivity index (χ0) is 22.7. The predicted molar refractivity (Wildman–Crippen MR) is 130 cm³/mol. The van der Waals surface area contributed by atoms with Gasteiger partial charge in [0.15, 0.2) is 0 Å². The molecule has 1 aromatic carbocycles. The van der Waals surface area contributed by atoms with Crippen LogP contribution in [0.1, 0.15) is 41.4 Å². The van der Waals surface area contributed by atoms with E-state index in [1.165, 1.54) is 23.4 Å². The molecule has 0 saturated heterocycles. The van der Waals surface area contributed by atoms with Crippen molar-refractivity contribution < 1.29 is 4.79 Å². The fourth-order valence-electron chi connectivity index (χ4n) is 4.63. The number of carbonyl (C=O) groups is 1. The molecule has 32 heavy (non-hydrogen) atoms. The Morgan fingerprint density at radius 3 is 2.59 bits per heavy atom. The van der Waals surface area contributed by atoms with E-state index in [1.807, 2.05) is 42.5 Å². The Kier molecular flexibility index (Phi) is 6.75. The molecule has 0 spiro atoms. The summed E-state index contributed by atoms with van der Waals surface area (Å²) in [5.74, 6) is 0.786. The average Bonchev–Trinajstić information content (AvgIpc) is 3.17. The van der Waals surface area contributed by atoms with Gasteiger partial charge in [-0.15, -0.1) is 0 Å². The van der Waals surface area contributed by atoms with E-state index >= 15 is 0 Å². The predicted octanol–water partition coefficient (Wildman–Crippen LogP) is 4.69. The number of aromatic nitrogens is 2. The van der Waals surface area contributed by atoms with Gasteiger partial charge >= 0.3 is 0 Å². The van der Waals surface area contributed by atoms with Crippen molar-refractivity contribution in [1.82, 2.24) is 19.4 Å². The number of nitrogens with zero attached hydrogens (tertiary/aromatic N) is 4. The largest absolute Gasteiger partial charge is 0.342 e. The summed E-state index contributed by atoms with van der Waals surface area (Å²) in [6.07, 6.45) is 8.11. The van der Waals surface area contributed by atoms with E-state index in [0.29, 0.717) is 5.92 Å². The van der Waals surface area contributed by atoms with Gasteiger partial charge in [0.05, 0.1) is 5.69 Å². The van der Waals surface area contributed by atoms with Crippen LogP contribution in [0.3, 0.4) is 0 Å². The molecular weight excluding hydrogens is 396 g/mol. The number of benzene rings is 1. The van der Waals surface area contributed by atoms with E-state index in [4.69, 9.17) is 0 Å². The number of hydrogen-bond donors (Lipinski definition) is 0. The van der Waals surface area contributed by atoms with Crippen molar-refractivity contribution in [1.29, 1.82) is 0 Å². The van der Waals surface area contributed by atoms with E-state index in [-0.39, 0.29) is 5.91 Å². The van der Waals surface area contributed by atoms with Crippen LogP contribution in [0.15, 0.2) is 54.9 Å². The Bertz CT molecular complexity index is 1050. The number of rotatable bonds is 7. The summed E-state index contributed by atoms with van der Waals surface area (Å²) < 4.78 is 2.37. The average molecular weight is 431 g/mol. The van der Waals surface area contributed by atoms with E-state index in [0.717, 1.165) is 49.2 Å². The lowest BCUT2D eigenvalue weighted by Gasteiger charge is -2.22. The molecule has 168 valence electrons. The molecule has 0 N–H and O–H groups in total. The van der Waals surface area contributed by atoms with Crippen molar-refractivity contribution in [2.75, 3.05) is 34.2 Å². The van der Waals surface area contributed by atoms with Gasteiger partial charge in [-0.25, -0.2) is 0 Å². The first-order chi connectivity index (χ1) is 15.4. The first-order valence-corrected chi connectivity index (χ1v) is 11.6. The monoisotopic (exact) mass is 430 g/mol. The van der Waals surface area contributed by atoms with Gasteiger partial charge in [0.1, 0.15) is 0 Å². The Hall–Kier alpha value is -2.92. The Balaban J connectivity index is 1.62. The highest BCUT2D eigenvalue weighted by molar-refractivity contribution is 5.94. The zero-order valence-electron chi connectivity index (χ0n) is 19.7. The molecule has 1 aliphatic carbocycles. The van der Waals surface area contributed by atoms with Gasteiger partial charge in [0.25, 0.3) is 5.91 Å². The second kappa shape index (κ2) is 9.70. The first-order valence-electron chi connectivity index (χ1n) is 11.6. The highest BCUT2D eigenvalue weighted by Gasteiger charge is 2.23. The minimum atomic E-state index is 0.0751.